The lowest BCUT2D eigenvalue weighted by Gasteiger charge is -2.14. The van der Waals surface area contributed by atoms with Crippen molar-refractivity contribution in [3.63, 3.8) is 0 Å². The van der Waals surface area contributed by atoms with Crippen molar-refractivity contribution in [1.29, 1.82) is 0 Å². The third kappa shape index (κ3) is 4.12. The van der Waals surface area contributed by atoms with Crippen LogP contribution in [0, 0.1) is 0 Å². The van der Waals surface area contributed by atoms with Gasteiger partial charge in [0.15, 0.2) is 0 Å². The van der Waals surface area contributed by atoms with Crippen LogP contribution in [0.4, 0.5) is 17.5 Å². The highest BCUT2D eigenvalue weighted by Crippen LogP contribution is 2.40. The number of hydrogen-bond donors (Lipinski definition) is 2. The molecule has 5 nitrogen and oxygen atoms in total. The number of hydrogen-bond acceptors (Lipinski definition) is 5. The van der Waals surface area contributed by atoms with Crippen LogP contribution in [-0.4, -0.2) is 23.1 Å². The minimum atomic E-state index is 0.356. The summed E-state index contributed by atoms with van der Waals surface area (Å²) in [5, 5.41) is 6.74. The molecule has 3 rings (SSSR count). The molecule has 5 heteroatoms. The van der Waals surface area contributed by atoms with Gasteiger partial charge in [0.05, 0.1) is 12.8 Å². The summed E-state index contributed by atoms with van der Waals surface area (Å²) in [4.78, 5) is 9.28. The molecule has 0 saturated heterocycles. The molecular weight excluding hydrogens is 288 g/mol. The van der Waals surface area contributed by atoms with E-state index in [4.69, 9.17) is 4.74 Å². The van der Waals surface area contributed by atoms with Crippen LogP contribution >= 0.6 is 0 Å². The number of nitrogens with zero attached hydrogens (tertiary/aromatic N) is 2. The van der Waals surface area contributed by atoms with Crippen LogP contribution in [0.25, 0.3) is 0 Å². The molecule has 0 aliphatic heterocycles. The molecule has 1 fully saturated rings. The molecule has 1 aliphatic carbocycles. The van der Waals surface area contributed by atoms with Crippen LogP contribution in [0.15, 0.2) is 30.3 Å². The predicted octanol–water partition coefficient (Wildman–Crippen LogP) is 4.32. The lowest BCUT2D eigenvalue weighted by molar-refractivity contribution is 0.415. The molecule has 0 radical (unpaired) electrons. The van der Waals surface area contributed by atoms with E-state index in [0.717, 1.165) is 29.4 Å². The van der Waals surface area contributed by atoms with Gasteiger partial charge in [-0.1, -0.05) is 13.0 Å². The molecule has 122 valence electrons. The molecule has 0 unspecified atom stereocenters. The molecule has 0 spiro atoms. The maximum absolute atomic E-state index is 5.27. The first-order valence-electron chi connectivity index (χ1n) is 8.24. The van der Waals surface area contributed by atoms with E-state index in [2.05, 4.69) is 40.5 Å². The van der Waals surface area contributed by atoms with Crippen LogP contribution < -0.4 is 15.4 Å². The highest BCUT2D eigenvalue weighted by Gasteiger charge is 2.26. The Morgan fingerprint density at radius 3 is 2.78 bits per heavy atom. The van der Waals surface area contributed by atoms with Crippen molar-refractivity contribution in [3.8, 4) is 5.75 Å². The zero-order chi connectivity index (χ0) is 16.2. The number of ether oxygens (including phenoxy) is 1. The third-order valence-corrected chi connectivity index (χ3v) is 4.07. The fourth-order valence-electron chi connectivity index (χ4n) is 2.35. The SMILES string of the molecule is CC[C@H](C)Nc1nc(Nc2cccc(OC)c2)cc(C2CC2)n1. The number of benzene rings is 1. The van der Waals surface area contributed by atoms with Gasteiger partial charge in [0, 0.05) is 29.8 Å². The van der Waals surface area contributed by atoms with E-state index in [1.165, 1.54) is 12.8 Å². The molecule has 0 amide bonds. The summed E-state index contributed by atoms with van der Waals surface area (Å²) in [6.07, 6.45) is 3.48. The summed E-state index contributed by atoms with van der Waals surface area (Å²) in [7, 11) is 1.67. The number of anilines is 3. The molecule has 2 aromatic rings. The van der Waals surface area contributed by atoms with Gasteiger partial charge in [0.2, 0.25) is 5.95 Å². The Balaban J connectivity index is 1.84. The lowest BCUT2D eigenvalue weighted by atomic mass is 10.2. The average Bonchev–Trinajstić information content (AvgIpc) is 3.39. The fraction of sp³-hybridized carbons (Fsp3) is 0.444. The fourth-order valence-corrected chi connectivity index (χ4v) is 2.35. The zero-order valence-electron chi connectivity index (χ0n) is 14.0. The van der Waals surface area contributed by atoms with E-state index in [1.807, 2.05) is 24.3 Å². The number of aromatic nitrogens is 2. The van der Waals surface area contributed by atoms with Crippen molar-refractivity contribution in [1.82, 2.24) is 9.97 Å². The van der Waals surface area contributed by atoms with Gasteiger partial charge >= 0.3 is 0 Å². The van der Waals surface area contributed by atoms with E-state index in [1.54, 1.807) is 7.11 Å². The summed E-state index contributed by atoms with van der Waals surface area (Å²) in [6.45, 7) is 4.29. The standard InChI is InChI=1S/C18H24N4O/c1-4-12(2)19-18-21-16(13-8-9-13)11-17(22-18)20-14-6-5-7-15(10-14)23-3/h5-7,10-13H,4,8-9H2,1-3H3,(H2,19,20,21,22)/t12-/m0/s1. The van der Waals surface area contributed by atoms with Gasteiger partial charge in [-0.3, -0.25) is 0 Å². The van der Waals surface area contributed by atoms with Gasteiger partial charge in [-0.2, -0.15) is 4.98 Å². The average molecular weight is 312 g/mol. The third-order valence-electron chi connectivity index (χ3n) is 4.07. The monoisotopic (exact) mass is 312 g/mol. The second-order valence-electron chi connectivity index (χ2n) is 6.09. The van der Waals surface area contributed by atoms with Crippen molar-refractivity contribution in [2.75, 3.05) is 17.7 Å². The Bertz CT molecular complexity index is 670. The Kier molecular flexibility index (Phi) is 4.65. The van der Waals surface area contributed by atoms with Gasteiger partial charge in [-0.25, -0.2) is 4.98 Å². The molecule has 1 aromatic carbocycles. The second kappa shape index (κ2) is 6.86. The molecule has 0 bridgehead atoms. The largest absolute Gasteiger partial charge is 0.497 e. The van der Waals surface area contributed by atoms with Crippen molar-refractivity contribution in [2.24, 2.45) is 0 Å². The first kappa shape index (κ1) is 15.6. The highest BCUT2D eigenvalue weighted by atomic mass is 16.5. The smallest absolute Gasteiger partial charge is 0.225 e. The van der Waals surface area contributed by atoms with Crippen molar-refractivity contribution in [3.05, 3.63) is 36.0 Å². The summed E-state index contributed by atoms with van der Waals surface area (Å²) in [6, 6.07) is 10.3. The van der Waals surface area contributed by atoms with Crippen molar-refractivity contribution >= 4 is 17.5 Å². The van der Waals surface area contributed by atoms with E-state index in [0.29, 0.717) is 17.9 Å². The minimum Gasteiger partial charge on any atom is -0.497 e. The second-order valence-corrected chi connectivity index (χ2v) is 6.09. The summed E-state index contributed by atoms with van der Waals surface area (Å²) in [5.74, 6) is 2.93. The highest BCUT2D eigenvalue weighted by molar-refractivity contribution is 5.59. The van der Waals surface area contributed by atoms with Gasteiger partial charge in [-0.05, 0) is 38.3 Å². The van der Waals surface area contributed by atoms with E-state index in [9.17, 15) is 0 Å². The van der Waals surface area contributed by atoms with Gasteiger partial charge in [0.25, 0.3) is 0 Å². The zero-order valence-corrected chi connectivity index (χ0v) is 14.0. The Morgan fingerprint density at radius 2 is 2.09 bits per heavy atom. The van der Waals surface area contributed by atoms with Crippen molar-refractivity contribution in [2.45, 2.75) is 45.1 Å². The first-order valence-corrected chi connectivity index (χ1v) is 8.24. The molecule has 1 saturated carbocycles. The molecule has 1 atom stereocenters. The van der Waals surface area contributed by atoms with Gasteiger partial charge in [-0.15, -0.1) is 0 Å². The van der Waals surface area contributed by atoms with Crippen LogP contribution in [0.1, 0.15) is 44.7 Å². The molecule has 1 aliphatic rings. The Labute approximate surface area is 137 Å². The number of rotatable bonds is 7. The van der Waals surface area contributed by atoms with Gasteiger partial charge < -0.3 is 15.4 Å². The van der Waals surface area contributed by atoms with Crippen molar-refractivity contribution < 1.29 is 4.74 Å². The Hall–Kier alpha value is -2.30. The van der Waals surface area contributed by atoms with E-state index in [-0.39, 0.29) is 0 Å². The normalized spacial score (nSPS) is 15.1. The predicted molar refractivity (Wildman–Crippen MR) is 93.7 cm³/mol. The maximum Gasteiger partial charge on any atom is 0.225 e. The summed E-state index contributed by atoms with van der Waals surface area (Å²) >= 11 is 0. The van der Waals surface area contributed by atoms with Crippen LogP contribution in [0.3, 0.4) is 0 Å². The molecule has 1 aromatic heterocycles. The quantitative estimate of drug-likeness (QED) is 0.797. The van der Waals surface area contributed by atoms with Crippen LogP contribution in [-0.2, 0) is 0 Å². The maximum atomic E-state index is 5.27. The van der Waals surface area contributed by atoms with E-state index < -0.39 is 0 Å². The molecule has 23 heavy (non-hydrogen) atoms. The van der Waals surface area contributed by atoms with Gasteiger partial charge in [0.1, 0.15) is 11.6 Å². The summed E-state index contributed by atoms with van der Waals surface area (Å²) in [5.41, 5.74) is 2.08. The van der Waals surface area contributed by atoms with E-state index >= 15 is 0 Å². The van der Waals surface area contributed by atoms with Crippen LogP contribution in [0.2, 0.25) is 0 Å². The topological polar surface area (TPSA) is 59.1 Å². The molecule has 1 heterocycles. The molecular formula is C18H24N4O. The summed E-state index contributed by atoms with van der Waals surface area (Å²) < 4.78 is 5.27. The number of methoxy groups -OCH3 is 1. The minimum absolute atomic E-state index is 0.356. The Morgan fingerprint density at radius 1 is 1.26 bits per heavy atom. The molecule has 2 N–H and O–H groups in total. The number of nitrogens with one attached hydrogen (secondary N) is 2. The first-order chi connectivity index (χ1) is 11.2. The van der Waals surface area contributed by atoms with Crippen LogP contribution in [0.5, 0.6) is 5.75 Å². The lowest BCUT2D eigenvalue weighted by Crippen LogP contribution is -2.16.